The second-order valence-corrected chi connectivity index (χ2v) is 8.33. The van der Waals surface area contributed by atoms with E-state index in [1.807, 2.05) is 0 Å². The van der Waals surface area contributed by atoms with Gasteiger partial charge in [-0.1, -0.05) is 26.7 Å². The lowest BCUT2D eigenvalue weighted by atomic mass is 9.65. The molecule has 0 heterocycles. The molecule has 8 atom stereocenters. The van der Waals surface area contributed by atoms with Crippen LogP contribution >= 0.6 is 0 Å². The molecule has 0 saturated heterocycles. The number of hydrogen-bond donors (Lipinski definition) is 0. The second kappa shape index (κ2) is 4.25. The van der Waals surface area contributed by atoms with Crippen molar-refractivity contribution in [1.82, 2.24) is 0 Å². The Balaban J connectivity index is 1.56. The first-order chi connectivity index (χ1) is 8.74. The molecule has 18 heavy (non-hydrogen) atoms. The van der Waals surface area contributed by atoms with E-state index in [1.54, 1.807) is 51.4 Å². The molecule has 4 fully saturated rings. The van der Waals surface area contributed by atoms with Crippen LogP contribution in [0.25, 0.3) is 0 Å². The predicted molar refractivity (Wildman–Crippen MR) is 76.2 cm³/mol. The zero-order valence-corrected chi connectivity index (χ0v) is 12.3. The third-order valence-electron chi connectivity index (χ3n) is 7.71. The first-order valence-electron chi connectivity index (χ1n) is 8.74. The van der Waals surface area contributed by atoms with E-state index in [1.165, 1.54) is 0 Å². The van der Waals surface area contributed by atoms with Gasteiger partial charge in [0.05, 0.1) is 0 Å². The predicted octanol–water partition coefficient (Wildman–Crippen LogP) is 5.13. The average Bonchev–Trinajstić information content (AvgIpc) is 3.03. The van der Waals surface area contributed by atoms with Crippen molar-refractivity contribution in [1.29, 1.82) is 0 Å². The van der Waals surface area contributed by atoms with Gasteiger partial charge >= 0.3 is 0 Å². The van der Waals surface area contributed by atoms with Crippen molar-refractivity contribution < 1.29 is 0 Å². The average molecular weight is 246 g/mol. The van der Waals surface area contributed by atoms with E-state index in [-0.39, 0.29) is 0 Å². The van der Waals surface area contributed by atoms with Crippen LogP contribution in [-0.2, 0) is 0 Å². The summed E-state index contributed by atoms with van der Waals surface area (Å²) in [6.45, 7) is 5.18. The van der Waals surface area contributed by atoms with Crippen molar-refractivity contribution in [2.75, 3.05) is 0 Å². The summed E-state index contributed by atoms with van der Waals surface area (Å²) in [5.41, 5.74) is 0. The molecule has 0 aromatic carbocycles. The van der Waals surface area contributed by atoms with E-state index in [0.717, 1.165) is 47.3 Å². The fourth-order valence-corrected chi connectivity index (χ4v) is 6.85. The summed E-state index contributed by atoms with van der Waals surface area (Å²) in [6, 6.07) is 0. The van der Waals surface area contributed by atoms with Crippen LogP contribution in [0.4, 0.5) is 0 Å². The van der Waals surface area contributed by atoms with Gasteiger partial charge in [0.25, 0.3) is 0 Å². The van der Waals surface area contributed by atoms with Crippen LogP contribution in [0.15, 0.2) is 0 Å². The molecule has 2 bridgehead atoms. The Morgan fingerprint density at radius 1 is 0.667 bits per heavy atom. The quantitative estimate of drug-likeness (QED) is 0.601. The first kappa shape index (κ1) is 11.8. The Hall–Kier alpha value is 0. The molecule has 0 radical (unpaired) electrons. The first-order valence-corrected chi connectivity index (χ1v) is 8.74. The number of fused-ring (bicyclic) bond motifs is 3. The molecule has 0 heteroatoms. The lowest BCUT2D eigenvalue weighted by Crippen LogP contribution is -2.33. The minimum Gasteiger partial charge on any atom is -0.0622 e. The Morgan fingerprint density at radius 3 is 2.39 bits per heavy atom. The fourth-order valence-electron chi connectivity index (χ4n) is 6.85. The molecule has 4 aliphatic rings. The molecule has 4 aliphatic carbocycles. The van der Waals surface area contributed by atoms with Gasteiger partial charge in [-0.05, 0) is 85.9 Å². The van der Waals surface area contributed by atoms with Gasteiger partial charge in [-0.2, -0.15) is 0 Å². The third kappa shape index (κ3) is 1.63. The van der Waals surface area contributed by atoms with E-state index < -0.39 is 0 Å². The Labute approximate surface area is 113 Å². The van der Waals surface area contributed by atoms with Crippen LogP contribution in [0.5, 0.6) is 0 Å². The minimum atomic E-state index is 1.05. The summed E-state index contributed by atoms with van der Waals surface area (Å²) in [4.78, 5) is 0. The summed E-state index contributed by atoms with van der Waals surface area (Å²) in [7, 11) is 0. The summed E-state index contributed by atoms with van der Waals surface area (Å²) < 4.78 is 0. The molecular formula is C18H30. The van der Waals surface area contributed by atoms with Crippen LogP contribution in [-0.4, -0.2) is 0 Å². The number of hydrogen-bond acceptors (Lipinski definition) is 0. The summed E-state index contributed by atoms with van der Waals surface area (Å²) in [6.07, 6.45) is 12.6. The summed E-state index contributed by atoms with van der Waals surface area (Å²) >= 11 is 0. The summed E-state index contributed by atoms with van der Waals surface area (Å²) in [5, 5.41) is 0. The molecule has 0 aliphatic heterocycles. The van der Waals surface area contributed by atoms with E-state index in [2.05, 4.69) is 13.8 Å². The Kier molecular flexibility index (Phi) is 2.79. The second-order valence-electron chi connectivity index (χ2n) is 8.33. The van der Waals surface area contributed by atoms with Gasteiger partial charge in [0.2, 0.25) is 0 Å². The van der Waals surface area contributed by atoms with Crippen LogP contribution < -0.4 is 0 Å². The normalized spacial score (nSPS) is 59.0. The van der Waals surface area contributed by atoms with Crippen LogP contribution in [0, 0.1) is 47.3 Å². The van der Waals surface area contributed by atoms with Crippen molar-refractivity contribution in [3.63, 3.8) is 0 Å². The molecule has 0 spiro atoms. The highest BCUT2D eigenvalue weighted by Gasteiger charge is 2.50. The molecule has 102 valence electrons. The van der Waals surface area contributed by atoms with Crippen molar-refractivity contribution >= 4 is 0 Å². The van der Waals surface area contributed by atoms with E-state index in [9.17, 15) is 0 Å². The van der Waals surface area contributed by atoms with Crippen LogP contribution in [0.3, 0.4) is 0 Å². The molecule has 0 nitrogen and oxygen atoms in total. The van der Waals surface area contributed by atoms with Crippen molar-refractivity contribution in [2.24, 2.45) is 47.3 Å². The highest BCUT2D eigenvalue weighted by atomic mass is 14.6. The van der Waals surface area contributed by atoms with Crippen molar-refractivity contribution in [2.45, 2.75) is 65.2 Å². The highest BCUT2D eigenvalue weighted by molar-refractivity contribution is 5.00. The van der Waals surface area contributed by atoms with Crippen molar-refractivity contribution in [3.05, 3.63) is 0 Å². The molecule has 0 aromatic heterocycles. The third-order valence-corrected chi connectivity index (χ3v) is 7.71. The monoisotopic (exact) mass is 246 g/mol. The summed E-state index contributed by atoms with van der Waals surface area (Å²) in [5.74, 6) is 8.87. The van der Waals surface area contributed by atoms with Crippen molar-refractivity contribution in [3.8, 4) is 0 Å². The van der Waals surface area contributed by atoms with Gasteiger partial charge in [0.15, 0.2) is 0 Å². The van der Waals surface area contributed by atoms with Gasteiger partial charge in [-0.15, -0.1) is 0 Å². The molecule has 8 unspecified atom stereocenters. The molecule has 0 aromatic rings. The Morgan fingerprint density at radius 2 is 1.50 bits per heavy atom. The van der Waals surface area contributed by atoms with E-state index in [0.29, 0.717) is 0 Å². The lowest BCUT2D eigenvalue weighted by molar-refractivity contribution is 0.0890. The van der Waals surface area contributed by atoms with Gasteiger partial charge in [-0.3, -0.25) is 0 Å². The van der Waals surface area contributed by atoms with Crippen LogP contribution in [0.2, 0.25) is 0 Å². The van der Waals surface area contributed by atoms with Gasteiger partial charge in [0.1, 0.15) is 0 Å². The van der Waals surface area contributed by atoms with Gasteiger partial charge < -0.3 is 0 Å². The SMILES string of the molecule is CC1CC(C2CC3CCC(C3)C2C)C2CCCC12. The molecule has 0 N–H and O–H groups in total. The minimum absolute atomic E-state index is 1.05. The van der Waals surface area contributed by atoms with Gasteiger partial charge in [0, 0.05) is 0 Å². The standard InChI is InChI=1S/C18H30/c1-11-8-18(16-5-3-4-15(11)16)17-10-13-6-7-14(9-13)12(17)2/h11-18H,3-10H2,1-2H3. The maximum absolute atomic E-state index is 2.61. The van der Waals surface area contributed by atoms with Gasteiger partial charge in [-0.25, -0.2) is 0 Å². The largest absolute Gasteiger partial charge is 0.0622 e. The fraction of sp³-hybridized carbons (Fsp3) is 1.00. The molecule has 0 amide bonds. The van der Waals surface area contributed by atoms with E-state index in [4.69, 9.17) is 0 Å². The highest BCUT2D eigenvalue weighted by Crippen LogP contribution is 2.59. The van der Waals surface area contributed by atoms with E-state index >= 15 is 0 Å². The number of rotatable bonds is 1. The smallest absolute Gasteiger partial charge is 0.0349 e. The topological polar surface area (TPSA) is 0 Å². The zero-order chi connectivity index (χ0) is 12.3. The lowest BCUT2D eigenvalue weighted by Gasteiger charge is -2.40. The Bertz CT molecular complexity index is 320. The zero-order valence-electron chi connectivity index (χ0n) is 12.3. The molecular weight excluding hydrogens is 216 g/mol. The maximum Gasteiger partial charge on any atom is -0.0349 e. The molecule has 4 saturated carbocycles. The maximum atomic E-state index is 2.61. The molecule has 4 rings (SSSR count). The van der Waals surface area contributed by atoms with Crippen LogP contribution in [0.1, 0.15) is 65.2 Å².